The van der Waals surface area contributed by atoms with Crippen LogP contribution in [0.25, 0.3) is 33.2 Å². The summed E-state index contributed by atoms with van der Waals surface area (Å²) in [5.41, 5.74) is 1.64. The van der Waals surface area contributed by atoms with Gasteiger partial charge < -0.3 is 9.52 Å². The molecule has 0 amide bonds. The van der Waals surface area contributed by atoms with E-state index in [1.165, 1.54) is 0 Å². The number of benzene rings is 4. The predicted octanol–water partition coefficient (Wildman–Crippen LogP) is 7.12. The molecule has 0 aliphatic carbocycles. The zero-order chi connectivity index (χ0) is 21.9. The SMILES string of the molecule is O=c1oc(-c2ccccc2)c(CSc2ccccc2)c(O)c1-c1ccc2ccccc2c1. The van der Waals surface area contributed by atoms with E-state index in [1.54, 1.807) is 11.8 Å². The topological polar surface area (TPSA) is 50.4 Å². The molecule has 0 bridgehead atoms. The molecule has 1 N–H and O–H groups in total. The Morgan fingerprint density at radius 1 is 0.719 bits per heavy atom. The van der Waals surface area contributed by atoms with Crippen molar-refractivity contribution in [2.24, 2.45) is 0 Å². The summed E-state index contributed by atoms with van der Waals surface area (Å²) in [6.07, 6.45) is 0. The third kappa shape index (κ3) is 3.93. The maximum absolute atomic E-state index is 13.1. The Labute approximate surface area is 190 Å². The molecule has 0 unspecified atom stereocenters. The summed E-state index contributed by atoms with van der Waals surface area (Å²) in [4.78, 5) is 14.1. The molecule has 0 saturated carbocycles. The first-order chi connectivity index (χ1) is 15.7. The van der Waals surface area contributed by atoms with Crippen molar-refractivity contribution in [2.45, 2.75) is 10.6 Å². The van der Waals surface area contributed by atoms with Gasteiger partial charge in [0.05, 0.1) is 0 Å². The second-order valence-corrected chi connectivity index (χ2v) is 8.50. The molecule has 4 heteroatoms. The number of aromatic hydroxyl groups is 1. The lowest BCUT2D eigenvalue weighted by molar-refractivity contribution is 0.449. The summed E-state index contributed by atoms with van der Waals surface area (Å²) in [6, 6.07) is 33.1. The van der Waals surface area contributed by atoms with Gasteiger partial charge in [-0.2, -0.15) is 0 Å². The molecular weight excluding hydrogens is 416 g/mol. The molecule has 32 heavy (non-hydrogen) atoms. The van der Waals surface area contributed by atoms with Crippen molar-refractivity contribution in [3.8, 4) is 28.2 Å². The first-order valence-corrected chi connectivity index (χ1v) is 11.3. The smallest absolute Gasteiger partial charge is 0.347 e. The highest BCUT2D eigenvalue weighted by Gasteiger charge is 2.22. The molecule has 0 spiro atoms. The van der Waals surface area contributed by atoms with E-state index in [0.717, 1.165) is 21.2 Å². The van der Waals surface area contributed by atoms with Crippen LogP contribution in [0.3, 0.4) is 0 Å². The normalized spacial score (nSPS) is 11.0. The van der Waals surface area contributed by atoms with Gasteiger partial charge in [-0.3, -0.25) is 0 Å². The van der Waals surface area contributed by atoms with Crippen molar-refractivity contribution in [1.29, 1.82) is 0 Å². The minimum absolute atomic E-state index is 0.0289. The average molecular weight is 437 g/mol. The molecule has 0 aliphatic heterocycles. The third-order valence-electron chi connectivity index (χ3n) is 5.40. The van der Waals surface area contributed by atoms with Gasteiger partial charge in [0.2, 0.25) is 0 Å². The van der Waals surface area contributed by atoms with Crippen LogP contribution < -0.4 is 5.63 Å². The van der Waals surface area contributed by atoms with E-state index in [4.69, 9.17) is 4.42 Å². The molecule has 0 atom stereocenters. The van der Waals surface area contributed by atoms with Crippen molar-refractivity contribution in [1.82, 2.24) is 0 Å². The zero-order valence-electron chi connectivity index (χ0n) is 17.2. The maximum Gasteiger partial charge on any atom is 0.347 e. The van der Waals surface area contributed by atoms with Crippen LogP contribution >= 0.6 is 11.8 Å². The summed E-state index contributed by atoms with van der Waals surface area (Å²) in [6.45, 7) is 0. The van der Waals surface area contributed by atoms with Gasteiger partial charge >= 0.3 is 5.63 Å². The quantitative estimate of drug-likeness (QED) is 0.298. The van der Waals surface area contributed by atoms with E-state index in [1.807, 2.05) is 103 Å². The lowest BCUT2D eigenvalue weighted by Crippen LogP contribution is -2.07. The van der Waals surface area contributed by atoms with E-state index in [2.05, 4.69) is 0 Å². The Bertz CT molecular complexity index is 1440. The van der Waals surface area contributed by atoms with Gasteiger partial charge in [0.25, 0.3) is 0 Å². The molecule has 4 aromatic carbocycles. The van der Waals surface area contributed by atoms with E-state index in [9.17, 15) is 9.90 Å². The second kappa shape index (κ2) is 8.77. The van der Waals surface area contributed by atoms with Crippen LogP contribution in [0.5, 0.6) is 5.75 Å². The van der Waals surface area contributed by atoms with Gasteiger partial charge in [-0.15, -0.1) is 11.8 Å². The molecule has 0 saturated heterocycles. The largest absolute Gasteiger partial charge is 0.507 e. The molecule has 3 nitrogen and oxygen atoms in total. The van der Waals surface area contributed by atoms with E-state index < -0.39 is 5.63 Å². The minimum atomic E-state index is -0.551. The van der Waals surface area contributed by atoms with Crippen LogP contribution in [-0.2, 0) is 5.75 Å². The summed E-state index contributed by atoms with van der Waals surface area (Å²) >= 11 is 1.59. The predicted molar refractivity (Wildman–Crippen MR) is 131 cm³/mol. The van der Waals surface area contributed by atoms with Gasteiger partial charge in [-0.05, 0) is 34.5 Å². The van der Waals surface area contributed by atoms with Crippen LogP contribution in [0, 0.1) is 0 Å². The first kappa shape index (κ1) is 20.2. The molecule has 5 aromatic rings. The van der Waals surface area contributed by atoms with Crippen molar-refractivity contribution in [3.05, 3.63) is 119 Å². The summed E-state index contributed by atoms with van der Waals surface area (Å²) in [5, 5.41) is 13.4. The highest BCUT2D eigenvalue weighted by atomic mass is 32.2. The van der Waals surface area contributed by atoms with Crippen LogP contribution in [0.4, 0.5) is 0 Å². The lowest BCUT2D eigenvalue weighted by Gasteiger charge is -2.14. The standard InChI is InChI=1S/C28H20O3S/c29-26-24(18-32-23-13-5-2-6-14-23)27(20-10-3-1-4-11-20)31-28(30)25(26)22-16-15-19-9-7-8-12-21(19)17-22/h1-17,29H,18H2. The molecule has 0 fully saturated rings. The zero-order valence-corrected chi connectivity index (χ0v) is 18.0. The molecule has 0 aliphatic rings. The van der Waals surface area contributed by atoms with Crippen LogP contribution in [0.15, 0.2) is 117 Å². The number of thioether (sulfide) groups is 1. The van der Waals surface area contributed by atoms with Crippen LogP contribution in [0.1, 0.15) is 5.56 Å². The monoisotopic (exact) mass is 436 g/mol. The maximum atomic E-state index is 13.1. The number of rotatable bonds is 5. The van der Waals surface area contributed by atoms with Gasteiger partial charge in [-0.25, -0.2) is 4.79 Å². The first-order valence-electron chi connectivity index (χ1n) is 10.3. The fraction of sp³-hybridized carbons (Fsp3) is 0.0357. The molecular formula is C28H20O3S. The fourth-order valence-corrected chi connectivity index (χ4v) is 4.72. The van der Waals surface area contributed by atoms with Crippen molar-refractivity contribution >= 4 is 22.5 Å². The molecule has 5 rings (SSSR count). The van der Waals surface area contributed by atoms with Gasteiger partial charge in [-0.1, -0.05) is 84.9 Å². The number of fused-ring (bicyclic) bond motifs is 1. The molecule has 1 aromatic heterocycles. The van der Waals surface area contributed by atoms with E-state index in [-0.39, 0.29) is 11.3 Å². The Morgan fingerprint density at radius 3 is 2.12 bits per heavy atom. The lowest BCUT2D eigenvalue weighted by atomic mass is 9.99. The van der Waals surface area contributed by atoms with Crippen molar-refractivity contribution in [2.75, 3.05) is 0 Å². The molecule has 1 heterocycles. The molecule has 156 valence electrons. The van der Waals surface area contributed by atoms with Gasteiger partial charge in [0.1, 0.15) is 17.1 Å². The van der Waals surface area contributed by atoms with Crippen molar-refractivity contribution < 1.29 is 9.52 Å². The van der Waals surface area contributed by atoms with E-state index >= 15 is 0 Å². The Kier molecular flexibility index (Phi) is 5.53. The van der Waals surface area contributed by atoms with Crippen LogP contribution in [0.2, 0.25) is 0 Å². The van der Waals surface area contributed by atoms with Crippen LogP contribution in [-0.4, -0.2) is 5.11 Å². The Balaban J connectivity index is 1.67. The second-order valence-electron chi connectivity index (χ2n) is 7.45. The third-order valence-corrected chi connectivity index (χ3v) is 6.43. The number of hydrogen-bond acceptors (Lipinski definition) is 4. The Hall–Kier alpha value is -3.76. The summed E-state index contributed by atoms with van der Waals surface area (Å²) < 4.78 is 5.83. The number of hydrogen-bond donors (Lipinski definition) is 1. The summed E-state index contributed by atoms with van der Waals surface area (Å²) in [7, 11) is 0. The molecule has 0 radical (unpaired) electrons. The Morgan fingerprint density at radius 2 is 1.38 bits per heavy atom. The van der Waals surface area contributed by atoms with Gasteiger partial charge in [0, 0.05) is 21.8 Å². The highest BCUT2D eigenvalue weighted by Crippen LogP contribution is 2.39. The average Bonchev–Trinajstić information content (AvgIpc) is 2.84. The minimum Gasteiger partial charge on any atom is -0.507 e. The fourth-order valence-electron chi connectivity index (χ4n) is 3.79. The summed E-state index contributed by atoms with van der Waals surface area (Å²) in [5.74, 6) is 0.838. The van der Waals surface area contributed by atoms with E-state index in [0.29, 0.717) is 22.6 Å². The van der Waals surface area contributed by atoms with Crippen molar-refractivity contribution in [3.63, 3.8) is 0 Å². The highest BCUT2D eigenvalue weighted by molar-refractivity contribution is 7.98. The van der Waals surface area contributed by atoms with Gasteiger partial charge in [0.15, 0.2) is 0 Å².